The smallest absolute Gasteiger partial charge is 0.0431 e. The molecule has 0 fully saturated rings. The summed E-state index contributed by atoms with van der Waals surface area (Å²) in [5.41, 5.74) is 1.16. The molecule has 0 aliphatic rings. The summed E-state index contributed by atoms with van der Waals surface area (Å²) in [5.74, 6) is 0. The van der Waals surface area contributed by atoms with Crippen molar-refractivity contribution >= 4 is 6.21 Å². The van der Waals surface area contributed by atoms with E-state index in [0.29, 0.717) is 6.61 Å². The Labute approximate surface area is 91.7 Å². The van der Waals surface area contributed by atoms with E-state index >= 15 is 0 Å². The number of hydrogen-bond donors (Lipinski definition) is 1. The monoisotopic (exact) mass is 205 g/mol. The van der Waals surface area contributed by atoms with Gasteiger partial charge in [0.1, 0.15) is 0 Å². The normalized spacial score (nSPS) is 11.0. The van der Waals surface area contributed by atoms with Crippen molar-refractivity contribution in [1.82, 2.24) is 0 Å². The molecular formula is C13H19NO. The third-order valence-corrected chi connectivity index (χ3v) is 2.24. The summed E-state index contributed by atoms with van der Waals surface area (Å²) < 4.78 is 0. The summed E-state index contributed by atoms with van der Waals surface area (Å²) in [6.07, 6.45) is 6.22. The number of aliphatic hydroxyl groups is 1. The van der Waals surface area contributed by atoms with Crippen molar-refractivity contribution in [2.45, 2.75) is 25.7 Å². The quantitative estimate of drug-likeness (QED) is 0.538. The van der Waals surface area contributed by atoms with Gasteiger partial charge in [0, 0.05) is 19.4 Å². The zero-order valence-corrected chi connectivity index (χ0v) is 9.10. The molecule has 0 spiro atoms. The molecule has 0 unspecified atom stereocenters. The van der Waals surface area contributed by atoms with Crippen LogP contribution in [0.25, 0.3) is 0 Å². The van der Waals surface area contributed by atoms with Crippen LogP contribution in [-0.4, -0.2) is 24.5 Å². The Hall–Kier alpha value is -1.15. The Morgan fingerprint density at radius 1 is 1.00 bits per heavy atom. The van der Waals surface area contributed by atoms with Gasteiger partial charge in [0.2, 0.25) is 0 Å². The van der Waals surface area contributed by atoms with Crippen LogP contribution in [0.2, 0.25) is 0 Å². The second-order valence-corrected chi connectivity index (χ2v) is 3.58. The van der Waals surface area contributed by atoms with E-state index < -0.39 is 0 Å². The van der Waals surface area contributed by atoms with Crippen LogP contribution < -0.4 is 0 Å². The van der Waals surface area contributed by atoms with Crippen molar-refractivity contribution in [2.24, 2.45) is 4.99 Å². The highest BCUT2D eigenvalue weighted by Gasteiger charge is 1.87. The molecule has 0 amide bonds. The van der Waals surface area contributed by atoms with Gasteiger partial charge in [-0.3, -0.25) is 4.99 Å². The third-order valence-electron chi connectivity index (χ3n) is 2.24. The van der Waals surface area contributed by atoms with Crippen LogP contribution in [0, 0.1) is 0 Å². The summed E-state index contributed by atoms with van der Waals surface area (Å²) in [6, 6.07) is 10.1. The SMILES string of the molecule is OCCCCCCN=Cc1ccccc1. The molecule has 0 aliphatic carbocycles. The first-order chi connectivity index (χ1) is 7.43. The maximum atomic E-state index is 8.59. The number of benzene rings is 1. The van der Waals surface area contributed by atoms with Gasteiger partial charge in [-0.2, -0.15) is 0 Å². The van der Waals surface area contributed by atoms with Crippen molar-refractivity contribution in [2.75, 3.05) is 13.2 Å². The zero-order valence-electron chi connectivity index (χ0n) is 9.10. The minimum Gasteiger partial charge on any atom is -0.396 e. The number of aliphatic imine (C=N–C) groups is 1. The van der Waals surface area contributed by atoms with E-state index in [-0.39, 0.29) is 0 Å². The molecule has 0 aliphatic heterocycles. The highest BCUT2D eigenvalue weighted by molar-refractivity contribution is 5.79. The summed E-state index contributed by atoms with van der Waals surface area (Å²) in [5, 5.41) is 8.59. The van der Waals surface area contributed by atoms with E-state index in [0.717, 1.165) is 37.8 Å². The van der Waals surface area contributed by atoms with Crippen molar-refractivity contribution < 1.29 is 5.11 Å². The van der Waals surface area contributed by atoms with E-state index in [9.17, 15) is 0 Å². The molecule has 1 N–H and O–H groups in total. The molecule has 1 aromatic rings. The van der Waals surface area contributed by atoms with Gasteiger partial charge in [0.15, 0.2) is 0 Å². The van der Waals surface area contributed by atoms with Crippen molar-refractivity contribution in [3.8, 4) is 0 Å². The van der Waals surface area contributed by atoms with Crippen LogP contribution in [0.4, 0.5) is 0 Å². The highest BCUT2D eigenvalue weighted by Crippen LogP contribution is 1.99. The lowest BCUT2D eigenvalue weighted by atomic mass is 10.2. The average molecular weight is 205 g/mol. The largest absolute Gasteiger partial charge is 0.396 e. The Bertz CT molecular complexity index is 269. The third kappa shape index (κ3) is 6.02. The molecular weight excluding hydrogens is 186 g/mol. The molecule has 15 heavy (non-hydrogen) atoms. The average Bonchev–Trinajstić information content (AvgIpc) is 2.29. The zero-order chi connectivity index (χ0) is 10.8. The van der Waals surface area contributed by atoms with E-state index in [1.807, 2.05) is 24.4 Å². The standard InChI is InChI=1S/C13H19NO/c15-11-7-2-1-6-10-14-12-13-8-4-3-5-9-13/h3-5,8-9,12,15H,1-2,6-7,10-11H2. The van der Waals surface area contributed by atoms with Gasteiger partial charge in [-0.05, 0) is 18.4 Å². The van der Waals surface area contributed by atoms with Crippen LogP contribution in [0.5, 0.6) is 0 Å². The molecule has 0 bridgehead atoms. The molecule has 2 nitrogen and oxygen atoms in total. The lowest BCUT2D eigenvalue weighted by Gasteiger charge is -1.96. The first-order valence-electron chi connectivity index (χ1n) is 5.59. The van der Waals surface area contributed by atoms with Crippen LogP contribution in [0.3, 0.4) is 0 Å². The first kappa shape index (κ1) is 11.9. The summed E-state index contributed by atoms with van der Waals surface area (Å²) in [7, 11) is 0. The van der Waals surface area contributed by atoms with Crippen molar-refractivity contribution in [1.29, 1.82) is 0 Å². The Balaban J connectivity index is 2.07. The van der Waals surface area contributed by atoms with E-state index in [1.165, 1.54) is 0 Å². The molecule has 0 heterocycles. The number of aliphatic hydroxyl groups excluding tert-OH is 1. The van der Waals surface area contributed by atoms with Crippen LogP contribution >= 0.6 is 0 Å². The topological polar surface area (TPSA) is 32.6 Å². The van der Waals surface area contributed by atoms with Crippen LogP contribution in [0.1, 0.15) is 31.2 Å². The predicted octanol–water partition coefficient (Wildman–Crippen LogP) is 2.66. The Kier molecular flexibility index (Phi) is 6.50. The molecule has 2 heteroatoms. The second kappa shape index (κ2) is 8.18. The summed E-state index contributed by atoms with van der Waals surface area (Å²) >= 11 is 0. The predicted molar refractivity (Wildman–Crippen MR) is 64.5 cm³/mol. The fourth-order valence-electron chi connectivity index (χ4n) is 1.38. The van der Waals surface area contributed by atoms with Gasteiger partial charge in [-0.15, -0.1) is 0 Å². The van der Waals surface area contributed by atoms with Gasteiger partial charge < -0.3 is 5.11 Å². The number of rotatable bonds is 7. The maximum Gasteiger partial charge on any atom is 0.0431 e. The first-order valence-corrected chi connectivity index (χ1v) is 5.59. The van der Waals surface area contributed by atoms with Crippen molar-refractivity contribution in [3.05, 3.63) is 35.9 Å². The van der Waals surface area contributed by atoms with Crippen molar-refractivity contribution in [3.63, 3.8) is 0 Å². The fraction of sp³-hybridized carbons (Fsp3) is 0.462. The lowest BCUT2D eigenvalue weighted by Crippen LogP contribution is -1.87. The van der Waals surface area contributed by atoms with Gasteiger partial charge >= 0.3 is 0 Å². The van der Waals surface area contributed by atoms with Crippen LogP contribution in [0.15, 0.2) is 35.3 Å². The Morgan fingerprint density at radius 3 is 2.47 bits per heavy atom. The Morgan fingerprint density at radius 2 is 1.73 bits per heavy atom. The number of nitrogens with zero attached hydrogens (tertiary/aromatic N) is 1. The molecule has 0 saturated heterocycles. The van der Waals surface area contributed by atoms with E-state index in [1.54, 1.807) is 0 Å². The maximum absolute atomic E-state index is 8.59. The van der Waals surface area contributed by atoms with Gasteiger partial charge in [-0.25, -0.2) is 0 Å². The summed E-state index contributed by atoms with van der Waals surface area (Å²) in [6.45, 7) is 1.20. The van der Waals surface area contributed by atoms with Crippen LogP contribution in [-0.2, 0) is 0 Å². The fourth-order valence-corrected chi connectivity index (χ4v) is 1.38. The molecule has 82 valence electrons. The molecule has 1 rings (SSSR count). The summed E-state index contributed by atoms with van der Waals surface area (Å²) in [4.78, 5) is 4.35. The minimum absolute atomic E-state index is 0.313. The van der Waals surface area contributed by atoms with E-state index in [2.05, 4.69) is 17.1 Å². The lowest BCUT2D eigenvalue weighted by molar-refractivity contribution is 0.282. The van der Waals surface area contributed by atoms with E-state index in [4.69, 9.17) is 5.11 Å². The molecule has 1 aromatic carbocycles. The highest BCUT2D eigenvalue weighted by atomic mass is 16.2. The molecule has 0 atom stereocenters. The van der Waals surface area contributed by atoms with Gasteiger partial charge in [0.25, 0.3) is 0 Å². The second-order valence-electron chi connectivity index (χ2n) is 3.58. The molecule has 0 aromatic heterocycles. The van der Waals surface area contributed by atoms with Gasteiger partial charge in [0.05, 0.1) is 0 Å². The molecule has 0 radical (unpaired) electrons. The molecule has 0 saturated carbocycles. The van der Waals surface area contributed by atoms with Gasteiger partial charge in [-0.1, -0.05) is 43.2 Å². The minimum atomic E-state index is 0.313. The number of hydrogen-bond acceptors (Lipinski definition) is 2. The number of unbranched alkanes of at least 4 members (excludes halogenated alkanes) is 3.